The van der Waals surface area contributed by atoms with E-state index in [9.17, 15) is 9.90 Å². The molecule has 0 bridgehead atoms. The summed E-state index contributed by atoms with van der Waals surface area (Å²) in [5.74, 6) is 0.551. The van der Waals surface area contributed by atoms with Crippen LogP contribution in [0.3, 0.4) is 0 Å². The highest BCUT2D eigenvalue weighted by atomic mass is 35.5. The number of aromatic nitrogens is 1. The number of fused-ring (bicyclic) bond motifs is 1. The van der Waals surface area contributed by atoms with E-state index in [1.54, 1.807) is 0 Å². The molecule has 3 aromatic rings. The van der Waals surface area contributed by atoms with Gasteiger partial charge in [0.1, 0.15) is 22.0 Å². The highest BCUT2D eigenvalue weighted by molar-refractivity contribution is 8.04. The van der Waals surface area contributed by atoms with Gasteiger partial charge < -0.3 is 19.1 Å². The first-order valence-corrected chi connectivity index (χ1v) is 15.7. The van der Waals surface area contributed by atoms with Crippen LogP contribution in [0.15, 0.2) is 58.2 Å². The molecule has 1 unspecified atom stereocenters. The Balaban J connectivity index is 1.41. The number of esters is 1. The summed E-state index contributed by atoms with van der Waals surface area (Å²) in [5, 5.41) is 14.5. The van der Waals surface area contributed by atoms with E-state index in [-0.39, 0.29) is 28.7 Å². The molecule has 1 fully saturated rings. The molecule has 1 N–H and O–H groups in total. The molecule has 1 aromatic heterocycles. The topological polar surface area (TPSA) is 60.7 Å². The number of halogens is 2. The van der Waals surface area contributed by atoms with E-state index in [1.165, 1.54) is 11.8 Å². The molecule has 40 heavy (non-hydrogen) atoms. The van der Waals surface area contributed by atoms with Crippen molar-refractivity contribution in [3.8, 4) is 5.75 Å². The number of hydrogen-bond acceptors (Lipinski definition) is 5. The normalized spacial score (nSPS) is 20.2. The van der Waals surface area contributed by atoms with Crippen molar-refractivity contribution in [2.24, 2.45) is 5.92 Å². The van der Waals surface area contributed by atoms with Crippen LogP contribution in [0.2, 0.25) is 10.0 Å². The Bertz CT molecular complexity index is 1440. The smallest absolute Gasteiger partial charge is 0.349 e. The second-order valence-electron chi connectivity index (χ2n) is 11.6. The minimum absolute atomic E-state index is 0.0389. The minimum atomic E-state index is -0.737. The number of thioether (sulfide) groups is 1. The van der Waals surface area contributed by atoms with E-state index in [1.807, 2.05) is 56.3 Å². The standard InChI is InChI=1S/C32H37Cl2NO4S/c1-19(2)35-26-11-10-24(33)16-22(26)17-29(35)40-30-27(36)18-32(39-31(30)37,23-7-5-6-8-23)14-13-21-9-12-28(25(34)15-21)38-20(3)4/h9-12,15-17,19-20,23,36H,5-8,13-14,18H2,1-4H3. The van der Waals surface area contributed by atoms with Crippen LogP contribution in [0.1, 0.15) is 77.8 Å². The van der Waals surface area contributed by atoms with Gasteiger partial charge in [-0.05, 0) is 101 Å². The number of ether oxygens (including phenoxy) is 2. The summed E-state index contributed by atoms with van der Waals surface area (Å²) in [6.07, 6.45) is 5.88. The summed E-state index contributed by atoms with van der Waals surface area (Å²) >= 11 is 14.0. The lowest BCUT2D eigenvalue weighted by atomic mass is 9.77. The van der Waals surface area contributed by atoms with Crippen LogP contribution in [0, 0.1) is 5.92 Å². The van der Waals surface area contributed by atoms with Gasteiger partial charge in [0, 0.05) is 28.4 Å². The number of carbonyl (C=O) groups excluding carboxylic acids is 1. The van der Waals surface area contributed by atoms with Crippen LogP contribution in [0.4, 0.5) is 0 Å². The Morgan fingerprint density at radius 2 is 1.85 bits per heavy atom. The van der Waals surface area contributed by atoms with Crippen LogP contribution in [0.25, 0.3) is 10.9 Å². The molecule has 5 nitrogen and oxygen atoms in total. The van der Waals surface area contributed by atoms with E-state index in [4.69, 9.17) is 32.7 Å². The summed E-state index contributed by atoms with van der Waals surface area (Å²) in [4.78, 5) is 13.9. The molecule has 0 saturated heterocycles. The van der Waals surface area contributed by atoms with Gasteiger partial charge in [-0.25, -0.2) is 4.79 Å². The Labute approximate surface area is 250 Å². The van der Waals surface area contributed by atoms with Crippen molar-refractivity contribution in [1.29, 1.82) is 0 Å². The molecule has 214 valence electrons. The van der Waals surface area contributed by atoms with Gasteiger partial charge in [0.2, 0.25) is 0 Å². The fourth-order valence-electron chi connectivity index (χ4n) is 6.18. The van der Waals surface area contributed by atoms with Crippen molar-refractivity contribution in [2.45, 2.75) is 95.4 Å². The average molecular weight is 603 g/mol. The van der Waals surface area contributed by atoms with E-state index in [2.05, 4.69) is 18.4 Å². The van der Waals surface area contributed by atoms with E-state index >= 15 is 0 Å². The third-order valence-electron chi connectivity index (χ3n) is 7.99. The molecule has 0 amide bonds. The molecule has 5 rings (SSSR count). The molecule has 0 spiro atoms. The monoisotopic (exact) mass is 601 g/mol. The third kappa shape index (κ3) is 6.00. The predicted octanol–water partition coefficient (Wildman–Crippen LogP) is 9.69. The largest absolute Gasteiger partial charge is 0.511 e. The maximum Gasteiger partial charge on any atom is 0.349 e. The number of aryl methyl sites for hydroxylation is 1. The van der Waals surface area contributed by atoms with Gasteiger partial charge in [-0.15, -0.1) is 0 Å². The second kappa shape index (κ2) is 11.9. The maximum absolute atomic E-state index is 13.6. The second-order valence-corrected chi connectivity index (χ2v) is 13.4. The highest BCUT2D eigenvalue weighted by Crippen LogP contribution is 2.48. The summed E-state index contributed by atoms with van der Waals surface area (Å²) < 4.78 is 14.3. The van der Waals surface area contributed by atoms with Crippen LogP contribution < -0.4 is 4.74 Å². The number of carbonyl (C=O) groups is 1. The van der Waals surface area contributed by atoms with Gasteiger partial charge in [0.05, 0.1) is 16.2 Å². The van der Waals surface area contributed by atoms with Crippen molar-refractivity contribution >= 4 is 51.8 Å². The molecule has 2 aromatic carbocycles. The molecule has 1 atom stereocenters. The van der Waals surface area contributed by atoms with E-state index < -0.39 is 11.6 Å². The number of rotatable bonds is 9. The molecular weight excluding hydrogens is 565 g/mol. The van der Waals surface area contributed by atoms with Crippen LogP contribution in [-0.2, 0) is 16.0 Å². The molecule has 2 heterocycles. The number of cyclic esters (lactones) is 1. The molecule has 8 heteroatoms. The molecular formula is C32H37Cl2NO4S. The summed E-state index contributed by atoms with van der Waals surface area (Å²) in [5.41, 5.74) is 1.35. The summed E-state index contributed by atoms with van der Waals surface area (Å²) in [7, 11) is 0. The lowest BCUT2D eigenvalue weighted by Crippen LogP contribution is -2.45. The summed E-state index contributed by atoms with van der Waals surface area (Å²) in [6, 6.07) is 13.8. The lowest BCUT2D eigenvalue weighted by Gasteiger charge is -2.41. The van der Waals surface area contributed by atoms with Gasteiger partial charge in [0.25, 0.3) is 0 Å². The highest BCUT2D eigenvalue weighted by Gasteiger charge is 2.48. The molecule has 1 saturated carbocycles. The fraction of sp³-hybridized carbons (Fsp3) is 0.469. The Hall–Kier alpha value is -2.28. The average Bonchev–Trinajstić information content (AvgIpc) is 3.54. The predicted molar refractivity (Wildman–Crippen MR) is 164 cm³/mol. The first-order chi connectivity index (χ1) is 19.1. The fourth-order valence-corrected chi connectivity index (χ4v) is 7.72. The van der Waals surface area contributed by atoms with Crippen molar-refractivity contribution in [3.63, 3.8) is 0 Å². The van der Waals surface area contributed by atoms with Crippen molar-refractivity contribution in [2.75, 3.05) is 0 Å². The summed E-state index contributed by atoms with van der Waals surface area (Å²) in [6.45, 7) is 8.14. The number of benzene rings is 2. The molecule has 0 radical (unpaired) electrons. The van der Waals surface area contributed by atoms with E-state index in [0.717, 1.165) is 47.2 Å². The van der Waals surface area contributed by atoms with Crippen molar-refractivity contribution < 1.29 is 19.4 Å². The SMILES string of the molecule is CC(C)Oc1ccc(CCC2(C3CCCC3)CC(O)=C(Sc3cc4cc(Cl)ccc4n3C(C)C)C(=O)O2)cc1Cl. The van der Waals surface area contributed by atoms with Gasteiger partial charge in [-0.2, -0.15) is 0 Å². The minimum Gasteiger partial charge on any atom is -0.511 e. The van der Waals surface area contributed by atoms with Gasteiger partial charge in [0.15, 0.2) is 0 Å². The number of hydrogen-bond donors (Lipinski definition) is 1. The molecule has 2 aliphatic rings. The van der Waals surface area contributed by atoms with Crippen LogP contribution in [0.5, 0.6) is 5.75 Å². The molecule has 1 aliphatic carbocycles. The zero-order chi connectivity index (χ0) is 28.6. The zero-order valence-electron chi connectivity index (χ0n) is 23.5. The Kier molecular flexibility index (Phi) is 8.70. The number of aliphatic hydroxyl groups excluding tert-OH is 1. The van der Waals surface area contributed by atoms with Crippen molar-refractivity contribution in [3.05, 3.63) is 68.7 Å². The van der Waals surface area contributed by atoms with Gasteiger partial charge in [-0.1, -0.05) is 53.9 Å². The van der Waals surface area contributed by atoms with Crippen LogP contribution >= 0.6 is 35.0 Å². The maximum atomic E-state index is 13.6. The lowest BCUT2D eigenvalue weighted by molar-refractivity contribution is -0.166. The van der Waals surface area contributed by atoms with Crippen LogP contribution in [-0.4, -0.2) is 27.3 Å². The van der Waals surface area contributed by atoms with Gasteiger partial charge >= 0.3 is 5.97 Å². The molecule has 1 aliphatic heterocycles. The number of nitrogens with zero attached hydrogens (tertiary/aromatic N) is 1. The van der Waals surface area contributed by atoms with Gasteiger partial charge in [-0.3, -0.25) is 0 Å². The van der Waals surface area contributed by atoms with Crippen molar-refractivity contribution in [1.82, 2.24) is 4.57 Å². The van der Waals surface area contributed by atoms with E-state index in [0.29, 0.717) is 35.1 Å². The first-order valence-electron chi connectivity index (χ1n) is 14.1. The first kappa shape index (κ1) is 29.2. The third-order valence-corrected chi connectivity index (χ3v) is 9.65. The zero-order valence-corrected chi connectivity index (χ0v) is 25.8. The number of aliphatic hydroxyl groups is 1. The Morgan fingerprint density at radius 1 is 1.10 bits per heavy atom. The quantitative estimate of drug-likeness (QED) is 0.247. The Morgan fingerprint density at radius 3 is 2.50 bits per heavy atom.